The lowest BCUT2D eigenvalue weighted by Crippen LogP contribution is -2.36. The number of imide groups is 1. The van der Waals surface area contributed by atoms with E-state index in [9.17, 15) is 14.4 Å². The Morgan fingerprint density at radius 2 is 1.70 bits per heavy atom. The van der Waals surface area contributed by atoms with Crippen molar-refractivity contribution in [3.63, 3.8) is 0 Å². The molecule has 3 aromatic rings. The van der Waals surface area contributed by atoms with Gasteiger partial charge in [-0.2, -0.15) is 0 Å². The van der Waals surface area contributed by atoms with Gasteiger partial charge in [0.2, 0.25) is 5.91 Å². The fourth-order valence-corrected chi connectivity index (χ4v) is 5.15. The second-order valence-corrected chi connectivity index (χ2v) is 10.8. The second-order valence-electron chi connectivity index (χ2n) is 7.77. The molecule has 0 bridgehead atoms. The molecule has 37 heavy (non-hydrogen) atoms. The van der Waals surface area contributed by atoms with Crippen LogP contribution >= 0.6 is 57.6 Å². The molecule has 1 heterocycles. The van der Waals surface area contributed by atoms with Crippen molar-refractivity contribution in [2.24, 2.45) is 0 Å². The third kappa shape index (κ3) is 6.98. The molecule has 3 amide bonds. The average Bonchev–Trinajstić information content (AvgIpc) is 3.12. The highest BCUT2D eigenvalue weighted by Crippen LogP contribution is 2.37. The number of anilines is 1. The number of amides is 3. The number of benzene rings is 3. The number of hydrogen-bond acceptors (Lipinski definition) is 6. The normalized spacial score (nSPS) is 14.3. The van der Waals surface area contributed by atoms with Gasteiger partial charge in [0, 0.05) is 9.26 Å². The molecule has 0 aromatic heterocycles. The molecule has 1 aliphatic rings. The Kier molecular flexibility index (Phi) is 9.01. The van der Waals surface area contributed by atoms with Gasteiger partial charge in [0.25, 0.3) is 11.1 Å². The summed E-state index contributed by atoms with van der Waals surface area (Å²) in [6, 6.07) is 17.7. The fraction of sp³-hybridized carbons (Fsp3) is 0.115. The van der Waals surface area contributed by atoms with E-state index in [0.717, 1.165) is 25.8 Å². The molecule has 0 saturated carbocycles. The predicted octanol–water partition coefficient (Wildman–Crippen LogP) is 6.86. The third-order valence-electron chi connectivity index (χ3n) is 5.16. The number of nitrogens with one attached hydrogen (secondary N) is 1. The molecule has 1 fully saturated rings. The smallest absolute Gasteiger partial charge is 0.294 e. The maximum atomic E-state index is 12.8. The molecular formula is C26H19Cl2IN2O5S. The Balaban J connectivity index is 1.41. The van der Waals surface area contributed by atoms with Crippen molar-refractivity contribution < 1.29 is 23.9 Å². The summed E-state index contributed by atoms with van der Waals surface area (Å²) in [5.74, 6) is -0.122. The summed E-state index contributed by atoms with van der Waals surface area (Å²) in [6.45, 7) is -0.131. The predicted molar refractivity (Wildman–Crippen MR) is 154 cm³/mol. The highest BCUT2D eigenvalue weighted by atomic mass is 127. The molecule has 11 heteroatoms. The van der Waals surface area contributed by atoms with Crippen LogP contribution in [0.15, 0.2) is 65.6 Å². The molecule has 0 radical (unpaired) electrons. The van der Waals surface area contributed by atoms with Crippen molar-refractivity contribution in [2.45, 2.75) is 6.61 Å². The maximum Gasteiger partial charge on any atom is 0.294 e. The van der Waals surface area contributed by atoms with Crippen molar-refractivity contribution in [2.75, 3.05) is 19.0 Å². The van der Waals surface area contributed by atoms with E-state index in [1.165, 1.54) is 13.2 Å². The average molecular weight is 669 g/mol. The molecule has 0 spiro atoms. The molecule has 1 aliphatic heterocycles. The number of nitrogens with zero attached hydrogens (tertiary/aromatic N) is 1. The van der Waals surface area contributed by atoms with Gasteiger partial charge in [0.1, 0.15) is 18.9 Å². The quantitative estimate of drug-likeness (QED) is 0.209. The number of ether oxygens (including phenoxy) is 2. The summed E-state index contributed by atoms with van der Waals surface area (Å²) < 4.78 is 12.0. The van der Waals surface area contributed by atoms with Gasteiger partial charge in [-0.25, -0.2) is 0 Å². The van der Waals surface area contributed by atoms with E-state index in [0.29, 0.717) is 22.7 Å². The largest absolute Gasteiger partial charge is 0.497 e. The van der Waals surface area contributed by atoms with Crippen LogP contribution in [-0.4, -0.2) is 35.6 Å². The van der Waals surface area contributed by atoms with E-state index in [-0.39, 0.29) is 21.6 Å². The number of carbonyl (C=O) groups excluding carboxylic acids is 3. The monoisotopic (exact) mass is 668 g/mol. The lowest BCUT2D eigenvalue weighted by Gasteiger charge is -2.13. The molecule has 3 aromatic carbocycles. The minimum Gasteiger partial charge on any atom is -0.497 e. The first-order valence-corrected chi connectivity index (χ1v) is 13.4. The summed E-state index contributed by atoms with van der Waals surface area (Å²) in [6.07, 6.45) is 1.51. The van der Waals surface area contributed by atoms with E-state index in [1.54, 1.807) is 36.4 Å². The first-order chi connectivity index (χ1) is 17.7. The zero-order valence-electron chi connectivity index (χ0n) is 19.3. The summed E-state index contributed by atoms with van der Waals surface area (Å²) in [5, 5.41) is 2.64. The van der Waals surface area contributed by atoms with Gasteiger partial charge in [-0.15, -0.1) is 0 Å². The Bertz CT molecular complexity index is 1360. The van der Waals surface area contributed by atoms with E-state index in [4.69, 9.17) is 32.7 Å². The highest BCUT2D eigenvalue weighted by molar-refractivity contribution is 14.1. The van der Waals surface area contributed by atoms with Crippen LogP contribution in [0.5, 0.6) is 11.5 Å². The first kappa shape index (κ1) is 27.3. The molecular weight excluding hydrogens is 650 g/mol. The minimum absolute atomic E-state index is 0.155. The maximum absolute atomic E-state index is 12.8. The molecule has 7 nitrogen and oxygen atoms in total. The summed E-state index contributed by atoms with van der Waals surface area (Å²) in [5.41, 5.74) is 1.99. The molecule has 1 N–H and O–H groups in total. The van der Waals surface area contributed by atoms with Crippen molar-refractivity contribution in [1.29, 1.82) is 0 Å². The Labute approximate surface area is 241 Å². The second kappa shape index (κ2) is 12.2. The van der Waals surface area contributed by atoms with Crippen LogP contribution in [-0.2, 0) is 16.2 Å². The summed E-state index contributed by atoms with van der Waals surface area (Å²) in [4.78, 5) is 38.7. The Morgan fingerprint density at radius 3 is 2.32 bits per heavy atom. The molecule has 0 atom stereocenters. The number of rotatable bonds is 8. The van der Waals surface area contributed by atoms with Crippen LogP contribution in [0.4, 0.5) is 10.5 Å². The molecule has 190 valence electrons. The van der Waals surface area contributed by atoms with Crippen molar-refractivity contribution in [1.82, 2.24) is 4.90 Å². The van der Waals surface area contributed by atoms with Gasteiger partial charge in [0.05, 0.1) is 22.1 Å². The Morgan fingerprint density at radius 1 is 1.05 bits per heavy atom. The van der Waals surface area contributed by atoms with Crippen LogP contribution in [0, 0.1) is 3.57 Å². The number of thioether (sulfide) groups is 1. The highest BCUT2D eigenvalue weighted by Gasteiger charge is 2.36. The van der Waals surface area contributed by atoms with Crippen molar-refractivity contribution >= 4 is 86.4 Å². The van der Waals surface area contributed by atoms with E-state index >= 15 is 0 Å². The van der Waals surface area contributed by atoms with Crippen molar-refractivity contribution in [3.8, 4) is 11.5 Å². The van der Waals surface area contributed by atoms with Gasteiger partial charge >= 0.3 is 0 Å². The zero-order valence-corrected chi connectivity index (χ0v) is 23.8. The van der Waals surface area contributed by atoms with Crippen LogP contribution in [0.2, 0.25) is 10.0 Å². The van der Waals surface area contributed by atoms with Gasteiger partial charge < -0.3 is 14.8 Å². The molecule has 0 aliphatic carbocycles. The van der Waals surface area contributed by atoms with E-state index in [1.807, 2.05) is 24.3 Å². The van der Waals surface area contributed by atoms with Crippen LogP contribution < -0.4 is 14.8 Å². The molecule has 4 rings (SSSR count). The van der Waals surface area contributed by atoms with Gasteiger partial charge in [-0.05, 0) is 100 Å². The lowest BCUT2D eigenvalue weighted by atomic mass is 10.2. The van der Waals surface area contributed by atoms with Crippen LogP contribution in [0.25, 0.3) is 6.08 Å². The van der Waals surface area contributed by atoms with Crippen molar-refractivity contribution in [3.05, 3.63) is 90.3 Å². The number of methoxy groups -OCH3 is 1. The fourth-order valence-electron chi connectivity index (χ4n) is 3.34. The minimum atomic E-state index is -0.578. The topological polar surface area (TPSA) is 84.9 Å². The molecule has 0 unspecified atom stereocenters. The van der Waals surface area contributed by atoms with Gasteiger partial charge in [-0.3, -0.25) is 19.3 Å². The Hall–Kier alpha value is -2.73. The van der Waals surface area contributed by atoms with E-state index < -0.39 is 23.6 Å². The van der Waals surface area contributed by atoms with Gasteiger partial charge in [-0.1, -0.05) is 35.3 Å². The SMILES string of the molecule is COc1ccc(NC(=O)CN2C(=O)S/C(=C/c3cc(Cl)c(OCc4ccc(I)cc4)c(Cl)c3)C2=O)cc1. The summed E-state index contributed by atoms with van der Waals surface area (Å²) in [7, 11) is 1.54. The van der Waals surface area contributed by atoms with Gasteiger partial charge in [0.15, 0.2) is 5.75 Å². The third-order valence-corrected chi connectivity index (χ3v) is 7.35. The number of hydrogen-bond donors (Lipinski definition) is 1. The lowest BCUT2D eigenvalue weighted by molar-refractivity contribution is -0.127. The number of halogens is 3. The van der Waals surface area contributed by atoms with Crippen LogP contribution in [0.3, 0.4) is 0 Å². The summed E-state index contributed by atoms with van der Waals surface area (Å²) >= 11 is 15.8. The van der Waals surface area contributed by atoms with E-state index in [2.05, 4.69) is 27.9 Å². The zero-order chi connectivity index (χ0) is 26.5. The first-order valence-electron chi connectivity index (χ1n) is 10.8. The van der Waals surface area contributed by atoms with Crippen LogP contribution in [0.1, 0.15) is 11.1 Å². The standard InChI is InChI=1S/C26H19Cl2IN2O5S/c1-35-19-8-6-18(7-9-19)30-23(32)13-31-25(33)22(37-26(31)34)12-16-10-20(27)24(21(28)11-16)36-14-15-2-4-17(29)5-3-15/h2-12H,13-14H2,1H3,(H,30,32)/b22-12+. The molecule has 1 saturated heterocycles. The number of carbonyl (C=O) groups is 3.